The molecule has 1 heterocycles. The molecular formula is C12H23NO. The molecule has 0 bridgehead atoms. The topological polar surface area (TPSA) is 21.3 Å². The molecule has 0 spiro atoms. The van der Waals surface area contributed by atoms with Crippen molar-refractivity contribution in [3.05, 3.63) is 0 Å². The second kappa shape index (κ2) is 4.19. The summed E-state index contributed by atoms with van der Waals surface area (Å²) in [7, 11) is 2.07. The van der Waals surface area contributed by atoms with E-state index >= 15 is 0 Å². The van der Waals surface area contributed by atoms with Gasteiger partial charge in [0, 0.05) is 12.6 Å². The van der Waals surface area contributed by atoms with Crippen LogP contribution >= 0.6 is 0 Å². The SMILES string of the molecule is CNC1CCOC(C2(C)CCCC2)C1. The molecule has 2 nitrogen and oxygen atoms in total. The fourth-order valence-electron chi connectivity index (χ4n) is 3.05. The fraction of sp³-hybridized carbons (Fsp3) is 1.00. The third kappa shape index (κ3) is 1.96. The largest absolute Gasteiger partial charge is 0.378 e. The molecule has 1 aliphatic carbocycles. The summed E-state index contributed by atoms with van der Waals surface area (Å²) in [6.07, 6.45) is 8.45. The van der Waals surface area contributed by atoms with E-state index in [-0.39, 0.29) is 0 Å². The van der Waals surface area contributed by atoms with Crippen LogP contribution in [-0.2, 0) is 4.74 Å². The highest BCUT2D eigenvalue weighted by Gasteiger charge is 2.40. The Morgan fingerprint density at radius 2 is 2.00 bits per heavy atom. The lowest BCUT2D eigenvalue weighted by Gasteiger charge is -2.39. The van der Waals surface area contributed by atoms with Crippen molar-refractivity contribution in [2.45, 2.75) is 57.6 Å². The van der Waals surface area contributed by atoms with Crippen molar-refractivity contribution in [2.75, 3.05) is 13.7 Å². The van der Waals surface area contributed by atoms with Crippen molar-refractivity contribution in [2.24, 2.45) is 5.41 Å². The number of hydrogen-bond acceptors (Lipinski definition) is 2. The van der Waals surface area contributed by atoms with Gasteiger partial charge < -0.3 is 10.1 Å². The maximum Gasteiger partial charge on any atom is 0.0643 e. The predicted molar refractivity (Wildman–Crippen MR) is 58.4 cm³/mol. The van der Waals surface area contributed by atoms with Gasteiger partial charge in [-0.1, -0.05) is 19.8 Å². The highest BCUT2D eigenvalue weighted by Crippen LogP contribution is 2.44. The Morgan fingerprint density at radius 3 is 2.64 bits per heavy atom. The first-order valence-corrected chi connectivity index (χ1v) is 6.03. The molecule has 2 heteroatoms. The van der Waals surface area contributed by atoms with Gasteiger partial charge in [0.25, 0.3) is 0 Å². The van der Waals surface area contributed by atoms with Crippen LogP contribution in [0.4, 0.5) is 0 Å². The molecule has 2 rings (SSSR count). The van der Waals surface area contributed by atoms with E-state index in [4.69, 9.17) is 4.74 Å². The maximum absolute atomic E-state index is 5.96. The number of nitrogens with one attached hydrogen (secondary N) is 1. The summed E-state index contributed by atoms with van der Waals surface area (Å²) >= 11 is 0. The summed E-state index contributed by atoms with van der Waals surface area (Å²) in [5.74, 6) is 0. The van der Waals surface area contributed by atoms with Gasteiger partial charge in [-0.15, -0.1) is 0 Å². The van der Waals surface area contributed by atoms with E-state index in [0.29, 0.717) is 17.6 Å². The van der Waals surface area contributed by atoms with Crippen LogP contribution in [0.2, 0.25) is 0 Å². The second-order valence-corrected chi connectivity index (χ2v) is 5.23. The summed E-state index contributed by atoms with van der Waals surface area (Å²) in [6.45, 7) is 3.37. The summed E-state index contributed by atoms with van der Waals surface area (Å²) < 4.78 is 5.96. The molecule has 1 saturated carbocycles. The van der Waals surface area contributed by atoms with Crippen LogP contribution in [-0.4, -0.2) is 25.8 Å². The fourth-order valence-corrected chi connectivity index (χ4v) is 3.05. The molecule has 1 N–H and O–H groups in total. The van der Waals surface area contributed by atoms with Crippen LogP contribution in [0, 0.1) is 5.41 Å². The van der Waals surface area contributed by atoms with E-state index in [1.54, 1.807) is 0 Å². The first-order valence-electron chi connectivity index (χ1n) is 6.03. The zero-order valence-electron chi connectivity index (χ0n) is 9.51. The average Bonchev–Trinajstić information content (AvgIpc) is 2.67. The van der Waals surface area contributed by atoms with Gasteiger partial charge >= 0.3 is 0 Å². The van der Waals surface area contributed by atoms with Crippen molar-refractivity contribution in [3.63, 3.8) is 0 Å². The minimum Gasteiger partial charge on any atom is -0.378 e. The molecule has 2 fully saturated rings. The highest BCUT2D eigenvalue weighted by atomic mass is 16.5. The van der Waals surface area contributed by atoms with Gasteiger partial charge in [0.05, 0.1) is 6.10 Å². The van der Waals surface area contributed by atoms with Gasteiger partial charge in [0.2, 0.25) is 0 Å². The smallest absolute Gasteiger partial charge is 0.0643 e. The first kappa shape index (κ1) is 10.4. The normalized spacial score (nSPS) is 37.3. The molecular weight excluding hydrogens is 174 g/mol. The molecule has 0 amide bonds. The Kier molecular flexibility index (Phi) is 3.13. The molecule has 1 aliphatic heterocycles. The van der Waals surface area contributed by atoms with Crippen molar-refractivity contribution < 1.29 is 4.74 Å². The van der Waals surface area contributed by atoms with Gasteiger partial charge in [0.15, 0.2) is 0 Å². The molecule has 1 saturated heterocycles. The molecule has 0 aromatic carbocycles. The van der Waals surface area contributed by atoms with Crippen LogP contribution in [0.25, 0.3) is 0 Å². The maximum atomic E-state index is 5.96. The van der Waals surface area contributed by atoms with E-state index in [9.17, 15) is 0 Å². The minimum atomic E-state index is 0.482. The minimum absolute atomic E-state index is 0.482. The van der Waals surface area contributed by atoms with Crippen LogP contribution in [0.1, 0.15) is 45.4 Å². The van der Waals surface area contributed by atoms with Gasteiger partial charge in [0.1, 0.15) is 0 Å². The summed E-state index contributed by atoms with van der Waals surface area (Å²) in [5.41, 5.74) is 0.482. The quantitative estimate of drug-likeness (QED) is 0.733. The average molecular weight is 197 g/mol. The van der Waals surface area contributed by atoms with E-state index in [1.165, 1.54) is 38.5 Å². The van der Waals surface area contributed by atoms with Gasteiger partial charge in [-0.2, -0.15) is 0 Å². The van der Waals surface area contributed by atoms with E-state index < -0.39 is 0 Å². The number of ether oxygens (including phenoxy) is 1. The zero-order valence-corrected chi connectivity index (χ0v) is 9.51. The Balaban J connectivity index is 1.96. The lowest BCUT2D eigenvalue weighted by Crippen LogP contribution is -2.43. The zero-order chi connectivity index (χ0) is 10.0. The third-order valence-electron chi connectivity index (χ3n) is 4.22. The van der Waals surface area contributed by atoms with Crippen molar-refractivity contribution >= 4 is 0 Å². The van der Waals surface area contributed by atoms with Crippen molar-refractivity contribution in [1.82, 2.24) is 5.32 Å². The van der Waals surface area contributed by atoms with Crippen molar-refractivity contribution in [1.29, 1.82) is 0 Å². The Labute approximate surface area is 87.4 Å². The number of hydrogen-bond donors (Lipinski definition) is 1. The Bertz CT molecular complexity index is 187. The summed E-state index contributed by atoms with van der Waals surface area (Å²) in [6, 6.07) is 0.686. The molecule has 14 heavy (non-hydrogen) atoms. The predicted octanol–water partition coefficient (Wildman–Crippen LogP) is 2.33. The standard InChI is InChI=1S/C12H23NO/c1-12(6-3-4-7-12)11-9-10(13-2)5-8-14-11/h10-11,13H,3-9H2,1-2H3. The summed E-state index contributed by atoms with van der Waals surface area (Å²) in [4.78, 5) is 0. The van der Waals surface area contributed by atoms with E-state index in [1.807, 2.05) is 0 Å². The molecule has 2 aliphatic rings. The van der Waals surface area contributed by atoms with Crippen LogP contribution in [0.3, 0.4) is 0 Å². The first-order chi connectivity index (χ1) is 6.74. The molecule has 82 valence electrons. The molecule has 0 aromatic rings. The highest BCUT2D eigenvalue weighted by molar-refractivity contribution is 4.91. The molecule has 2 atom stereocenters. The lowest BCUT2D eigenvalue weighted by molar-refractivity contribution is -0.0682. The molecule has 2 unspecified atom stereocenters. The van der Waals surface area contributed by atoms with Gasteiger partial charge in [-0.3, -0.25) is 0 Å². The Hall–Kier alpha value is -0.0800. The van der Waals surface area contributed by atoms with E-state index in [2.05, 4.69) is 19.3 Å². The Morgan fingerprint density at radius 1 is 1.29 bits per heavy atom. The monoisotopic (exact) mass is 197 g/mol. The van der Waals surface area contributed by atoms with E-state index in [0.717, 1.165) is 6.61 Å². The van der Waals surface area contributed by atoms with Gasteiger partial charge in [-0.25, -0.2) is 0 Å². The molecule has 0 radical (unpaired) electrons. The molecule has 0 aromatic heterocycles. The lowest BCUT2D eigenvalue weighted by atomic mass is 9.78. The third-order valence-corrected chi connectivity index (χ3v) is 4.22. The van der Waals surface area contributed by atoms with Crippen molar-refractivity contribution in [3.8, 4) is 0 Å². The van der Waals surface area contributed by atoms with Crippen LogP contribution in [0.5, 0.6) is 0 Å². The second-order valence-electron chi connectivity index (χ2n) is 5.23. The van der Waals surface area contributed by atoms with Gasteiger partial charge in [-0.05, 0) is 38.1 Å². The summed E-state index contributed by atoms with van der Waals surface area (Å²) in [5, 5.41) is 3.39. The van der Waals surface area contributed by atoms with Crippen LogP contribution < -0.4 is 5.32 Å². The number of rotatable bonds is 2. The van der Waals surface area contributed by atoms with Crippen LogP contribution in [0.15, 0.2) is 0 Å².